The first-order valence-corrected chi connectivity index (χ1v) is 5.86. The minimum atomic E-state index is 0.301. The van der Waals surface area contributed by atoms with E-state index in [9.17, 15) is 5.11 Å². The number of benzene rings is 2. The second-order valence-electron chi connectivity index (χ2n) is 3.34. The lowest BCUT2D eigenvalue weighted by Gasteiger charge is -2.06. The zero-order valence-electron chi connectivity index (χ0n) is 8.15. The maximum Gasteiger partial charge on any atom is 0.115 e. The van der Waals surface area contributed by atoms with E-state index in [1.54, 1.807) is 12.1 Å². The van der Waals surface area contributed by atoms with Gasteiger partial charge in [0.2, 0.25) is 0 Å². The number of halogens is 1. The first kappa shape index (κ1) is 10.2. The molecule has 0 aliphatic rings. The molecule has 0 unspecified atom stereocenters. The van der Waals surface area contributed by atoms with Gasteiger partial charge in [-0.25, -0.2) is 0 Å². The summed E-state index contributed by atoms with van der Waals surface area (Å²) in [6.45, 7) is 0. The first-order chi connectivity index (χ1) is 7.31. The highest BCUT2D eigenvalue weighted by Crippen LogP contribution is 2.26. The molecule has 0 radical (unpaired) electrons. The monoisotopic (exact) mass is 262 g/mol. The lowest BCUT2D eigenvalue weighted by atomic mass is 10.0. The topological polar surface area (TPSA) is 20.2 Å². The van der Waals surface area contributed by atoms with Crippen molar-refractivity contribution in [2.75, 3.05) is 0 Å². The molecule has 0 atom stereocenters. The summed E-state index contributed by atoms with van der Waals surface area (Å²) in [5, 5.41) is 10.1. The van der Waals surface area contributed by atoms with Crippen LogP contribution in [0.15, 0.2) is 48.5 Å². The molecule has 0 aliphatic carbocycles. The highest BCUT2D eigenvalue weighted by atomic mass is 79.9. The molecule has 76 valence electrons. The number of hydrogen-bond donors (Lipinski definition) is 1. The van der Waals surface area contributed by atoms with Crippen LogP contribution in [0.1, 0.15) is 5.56 Å². The van der Waals surface area contributed by atoms with Gasteiger partial charge in [0.1, 0.15) is 5.75 Å². The highest BCUT2D eigenvalue weighted by Gasteiger charge is 2.02. The molecular weight excluding hydrogens is 252 g/mol. The molecule has 1 nitrogen and oxygen atoms in total. The zero-order valence-corrected chi connectivity index (χ0v) is 9.74. The predicted octanol–water partition coefficient (Wildman–Crippen LogP) is 3.95. The van der Waals surface area contributed by atoms with Gasteiger partial charge in [-0.05, 0) is 28.8 Å². The van der Waals surface area contributed by atoms with Crippen molar-refractivity contribution in [2.24, 2.45) is 0 Å². The number of rotatable bonds is 2. The molecule has 0 heterocycles. The quantitative estimate of drug-likeness (QED) is 0.813. The molecule has 1 N–H and O–H groups in total. The maximum absolute atomic E-state index is 9.22. The van der Waals surface area contributed by atoms with Crippen LogP contribution in [0.25, 0.3) is 11.1 Å². The molecule has 0 spiro atoms. The van der Waals surface area contributed by atoms with Crippen LogP contribution in [-0.2, 0) is 5.33 Å². The fraction of sp³-hybridized carbons (Fsp3) is 0.0769. The minimum Gasteiger partial charge on any atom is -0.508 e. The Hall–Kier alpha value is -1.28. The molecule has 0 saturated heterocycles. The molecule has 2 heteroatoms. The van der Waals surface area contributed by atoms with Gasteiger partial charge in [0.25, 0.3) is 0 Å². The summed E-state index contributed by atoms with van der Waals surface area (Å²) in [7, 11) is 0. The van der Waals surface area contributed by atoms with Gasteiger partial charge < -0.3 is 5.11 Å². The first-order valence-electron chi connectivity index (χ1n) is 4.74. The van der Waals surface area contributed by atoms with Crippen LogP contribution >= 0.6 is 15.9 Å². The smallest absolute Gasteiger partial charge is 0.115 e. The molecule has 2 aromatic carbocycles. The SMILES string of the molecule is Oc1ccc(-c2ccccc2CBr)cc1. The molecule has 0 fully saturated rings. The van der Waals surface area contributed by atoms with Gasteiger partial charge in [-0.2, -0.15) is 0 Å². The number of hydrogen-bond acceptors (Lipinski definition) is 1. The lowest BCUT2D eigenvalue weighted by molar-refractivity contribution is 0.475. The van der Waals surface area contributed by atoms with E-state index in [1.165, 1.54) is 11.1 Å². The minimum absolute atomic E-state index is 0.301. The molecular formula is C13H11BrO. The van der Waals surface area contributed by atoms with Crippen LogP contribution in [0.5, 0.6) is 5.75 Å². The van der Waals surface area contributed by atoms with Crippen LogP contribution in [-0.4, -0.2) is 5.11 Å². The summed E-state index contributed by atoms with van der Waals surface area (Å²) in [5.74, 6) is 0.301. The zero-order chi connectivity index (χ0) is 10.7. The largest absolute Gasteiger partial charge is 0.508 e. The second kappa shape index (κ2) is 4.49. The summed E-state index contributed by atoms with van der Waals surface area (Å²) in [6, 6.07) is 15.5. The Bertz CT molecular complexity index is 448. The van der Waals surface area contributed by atoms with Crippen LogP contribution in [0, 0.1) is 0 Å². The third-order valence-corrected chi connectivity index (χ3v) is 2.94. The van der Waals surface area contributed by atoms with E-state index < -0.39 is 0 Å². The molecule has 0 bridgehead atoms. The van der Waals surface area contributed by atoms with E-state index in [4.69, 9.17) is 0 Å². The number of phenolic OH excluding ortho intramolecular Hbond substituents is 1. The van der Waals surface area contributed by atoms with Crippen LogP contribution in [0.3, 0.4) is 0 Å². The fourth-order valence-corrected chi connectivity index (χ4v) is 2.05. The van der Waals surface area contributed by atoms with E-state index >= 15 is 0 Å². The Morgan fingerprint density at radius 1 is 0.933 bits per heavy atom. The van der Waals surface area contributed by atoms with Crippen molar-refractivity contribution >= 4 is 15.9 Å². The fourth-order valence-electron chi connectivity index (χ4n) is 1.56. The van der Waals surface area contributed by atoms with E-state index in [2.05, 4.69) is 28.1 Å². The van der Waals surface area contributed by atoms with E-state index in [0.717, 1.165) is 10.9 Å². The number of aromatic hydroxyl groups is 1. The van der Waals surface area contributed by atoms with E-state index in [0.29, 0.717) is 5.75 Å². The lowest BCUT2D eigenvalue weighted by Crippen LogP contribution is -1.84. The molecule has 0 aliphatic heterocycles. The summed E-state index contributed by atoms with van der Waals surface area (Å²) in [4.78, 5) is 0. The second-order valence-corrected chi connectivity index (χ2v) is 3.90. The Kier molecular flexibility index (Phi) is 3.07. The average molecular weight is 263 g/mol. The molecule has 0 saturated carbocycles. The third-order valence-electron chi connectivity index (χ3n) is 2.34. The molecule has 0 aromatic heterocycles. The van der Waals surface area contributed by atoms with Gasteiger partial charge >= 0.3 is 0 Å². The van der Waals surface area contributed by atoms with Gasteiger partial charge in [0, 0.05) is 5.33 Å². The van der Waals surface area contributed by atoms with Crippen LogP contribution < -0.4 is 0 Å². The summed E-state index contributed by atoms with van der Waals surface area (Å²) in [6.07, 6.45) is 0. The molecule has 15 heavy (non-hydrogen) atoms. The summed E-state index contributed by atoms with van der Waals surface area (Å²) in [5.41, 5.74) is 3.58. The van der Waals surface area contributed by atoms with Gasteiger partial charge in [-0.1, -0.05) is 52.3 Å². The Morgan fingerprint density at radius 2 is 1.60 bits per heavy atom. The van der Waals surface area contributed by atoms with Crippen LogP contribution in [0.2, 0.25) is 0 Å². The molecule has 0 amide bonds. The van der Waals surface area contributed by atoms with Crippen molar-refractivity contribution in [1.29, 1.82) is 0 Å². The van der Waals surface area contributed by atoms with Crippen molar-refractivity contribution in [3.8, 4) is 16.9 Å². The Morgan fingerprint density at radius 3 is 2.27 bits per heavy atom. The highest BCUT2D eigenvalue weighted by molar-refractivity contribution is 9.08. The number of alkyl halides is 1. The van der Waals surface area contributed by atoms with Crippen LogP contribution in [0.4, 0.5) is 0 Å². The van der Waals surface area contributed by atoms with Crippen molar-refractivity contribution in [2.45, 2.75) is 5.33 Å². The van der Waals surface area contributed by atoms with Crippen molar-refractivity contribution in [3.63, 3.8) is 0 Å². The molecule has 2 aromatic rings. The van der Waals surface area contributed by atoms with Gasteiger partial charge in [-0.15, -0.1) is 0 Å². The van der Waals surface area contributed by atoms with Gasteiger partial charge in [0.15, 0.2) is 0 Å². The Balaban J connectivity index is 2.49. The standard InChI is InChI=1S/C13H11BrO/c14-9-11-3-1-2-4-13(11)10-5-7-12(15)8-6-10/h1-8,15H,9H2. The summed E-state index contributed by atoms with van der Waals surface area (Å²) < 4.78 is 0. The maximum atomic E-state index is 9.22. The van der Waals surface area contributed by atoms with Gasteiger partial charge in [-0.3, -0.25) is 0 Å². The third kappa shape index (κ3) is 2.21. The van der Waals surface area contributed by atoms with Crippen molar-refractivity contribution < 1.29 is 5.11 Å². The normalized spacial score (nSPS) is 10.2. The average Bonchev–Trinajstić information content (AvgIpc) is 2.30. The van der Waals surface area contributed by atoms with E-state index in [1.807, 2.05) is 24.3 Å². The van der Waals surface area contributed by atoms with E-state index in [-0.39, 0.29) is 0 Å². The van der Waals surface area contributed by atoms with Gasteiger partial charge in [0.05, 0.1) is 0 Å². The Labute approximate surface area is 97.5 Å². The predicted molar refractivity (Wildman–Crippen MR) is 66.2 cm³/mol. The van der Waals surface area contributed by atoms with Crippen molar-refractivity contribution in [1.82, 2.24) is 0 Å². The molecule has 2 rings (SSSR count). The number of phenols is 1. The summed E-state index contributed by atoms with van der Waals surface area (Å²) >= 11 is 3.47. The van der Waals surface area contributed by atoms with Crippen molar-refractivity contribution in [3.05, 3.63) is 54.1 Å².